The van der Waals surface area contributed by atoms with Crippen molar-refractivity contribution in [3.05, 3.63) is 49.8 Å². The summed E-state index contributed by atoms with van der Waals surface area (Å²) >= 11 is 0. The molecule has 152 valence electrons. The Balaban J connectivity index is 2.66. The number of aromatic hydroxyl groups is 1. The van der Waals surface area contributed by atoms with E-state index in [0.717, 1.165) is 4.57 Å². The lowest BCUT2D eigenvalue weighted by Gasteiger charge is -2.17. The van der Waals surface area contributed by atoms with E-state index < -0.39 is 16.4 Å². The Morgan fingerprint density at radius 2 is 2.07 bits per heavy atom. The second-order valence-electron chi connectivity index (χ2n) is 6.26. The van der Waals surface area contributed by atoms with Gasteiger partial charge in [-0.25, -0.2) is 0 Å². The van der Waals surface area contributed by atoms with E-state index in [-0.39, 0.29) is 34.2 Å². The molecule has 2 rings (SSSR count). The molecular weight excluding hydrogens is 378 g/mol. The lowest BCUT2D eigenvalue weighted by Crippen LogP contribution is -2.24. The number of azo groups is 1. The molecule has 1 aromatic carbocycles. The van der Waals surface area contributed by atoms with Gasteiger partial charge >= 0.3 is 0 Å². The minimum atomic E-state index is -0.634. The predicted molar refractivity (Wildman–Crippen MR) is 105 cm³/mol. The molecule has 1 atom stereocenters. The standard InChI is InChI=1S/C19H21N5O5/c1-5-11(3)23-18(25)14(10-20)12(4)17(19(23)26)22-21-15-8-7-13(29-6-2)9-16(15)24(27)28/h7-9,11,25H,5-6H2,1-4H3. The van der Waals surface area contributed by atoms with Crippen molar-refractivity contribution in [2.24, 2.45) is 10.2 Å². The highest BCUT2D eigenvalue weighted by Crippen LogP contribution is 2.34. The van der Waals surface area contributed by atoms with Gasteiger partial charge in [-0.3, -0.25) is 19.5 Å². The molecular formula is C19H21N5O5. The third-order valence-electron chi connectivity index (χ3n) is 4.46. The molecule has 10 heteroatoms. The topological polar surface area (TPSA) is 143 Å². The number of nitro benzene ring substituents is 1. The third-order valence-corrected chi connectivity index (χ3v) is 4.46. The van der Waals surface area contributed by atoms with Gasteiger partial charge in [-0.05, 0) is 39.3 Å². The Morgan fingerprint density at radius 3 is 2.62 bits per heavy atom. The van der Waals surface area contributed by atoms with Gasteiger partial charge in [0.05, 0.1) is 17.6 Å². The number of nitriles is 1. The van der Waals surface area contributed by atoms with E-state index in [1.54, 1.807) is 13.8 Å². The maximum atomic E-state index is 12.8. The number of rotatable bonds is 7. The summed E-state index contributed by atoms with van der Waals surface area (Å²) in [6.07, 6.45) is 0.530. The van der Waals surface area contributed by atoms with Gasteiger partial charge < -0.3 is 9.84 Å². The number of hydrogen-bond acceptors (Lipinski definition) is 8. The van der Waals surface area contributed by atoms with Crippen LogP contribution in [0.25, 0.3) is 0 Å². The van der Waals surface area contributed by atoms with Crippen molar-refractivity contribution in [2.45, 2.75) is 40.2 Å². The Bertz CT molecular complexity index is 1070. The summed E-state index contributed by atoms with van der Waals surface area (Å²) in [6.45, 7) is 7.10. The second kappa shape index (κ2) is 8.97. The largest absolute Gasteiger partial charge is 0.494 e. The van der Waals surface area contributed by atoms with Gasteiger partial charge in [0.25, 0.3) is 11.2 Å². The number of nitro groups is 1. The number of aromatic nitrogens is 1. The quantitative estimate of drug-likeness (QED) is 0.414. The van der Waals surface area contributed by atoms with Crippen molar-refractivity contribution < 1.29 is 14.8 Å². The van der Waals surface area contributed by atoms with Crippen molar-refractivity contribution in [1.82, 2.24) is 4.57 Å². The third kappa shape index (κ3) is 4.24. The Kier molecular flexibility index (Phi) is 6.67. The molecule has 0 radical (unpaired) electrons. The molecule has 0 aliphatic heterocycles. The van der Waals surface area contributed by atoms with E-state index in [0.29, 0.717) is 18.8 Å². The van der Waals surface area contributed by atoms with Crippen LogP contribution in [-0.4, -0.2) is 21.2 Å². The lowest BCUT2D eigenvalue weighted by atomic mass is 10.1. The van der Waals surface area contributed by atoms with Crippen molar-refractivity contribution in [2.75, 3.05) is 6.61 Å². The lowest BCUT2D eigenvalue weighted by molar-refractivity contribution is -0.384. The van der Waals surface area contributed by atoms with Crippen LogP contribution >= 0.6 is 0 Å². The summed E-state index contributed by atoms with van der Waals surface area (Å²) in [6, 6.07) is 5.57. The van der Waals surface area contributed by atoms with E-state index in [2.05, 4.69) is 10.2 Å². The van der Waals surface area contributed by atoms with E-state index in [1.165, 1.54) is 25.1 Å². The SMILES string of the molecule is CCOc1ccc(N=Nc2c(C)c(C#N)c(O)n(C(C)CC)c2=O)c([N+](=O)[O-])c1. The first kappa shape index (κ1) is 21.6. The normalized spacial score (nSPS) is 12.0. The Hall–Kier alpha value is -3.74. The van der Waals surface area contributed by atoms with Crippen LogP contribution in [-0.2, 0) is 0 Å². The van der Waals surface area contributed by atoms with Gasteiger partial charge in [0.15, 0.2) is 11.4 Å². The first-order valence-corrected chi connectivity index (χ1v) is 8.97. The number of benzene rings is 1. The van der Waals surface area contributed by atoms with Gasteiger partial charge in [-0.1, -0.05) is 6.92 Å². The first-order valence-electron chi connectivity index (χ1n) is 8.97. The molecule has 0 bridgehead atoms. The fourth-order valence-electron chi connectivity index (χ4n) is 2.71. The molecule has 1 unspecified atom stereocenters. The van der Waals surface area contributed by atoms with Crippen LogP contribution < -0.4 is 10.3 Å². The van der Waals surface area contributed by atoms with Gasteiger partial charge in [-0.15, -0.1) is 10.2 Å². The van der Waals surface area contributed by atoms with Crippen LogP contribution in [0, 0.1) is 28.4 Å². The predicted octanol–water partition coefficient (Wildman–Crippen LogP) is 4.43. The Morgan fingerprint density at radius 1 is 1.38 bits per heavy atom. The average Bonchev–Trinajstić information content (AvgIpc) is 2.68. The summed E-state index contributed by atoms with van der Waals surface area (Å²) in [5, 5.41) is 38.8. The minimum absolute atomic E-state index is 0.0704. The molecule has 29 heavy (non-hydrogen) atoms. The van der Waals surface area contributed by atoms with E-state index >= 15 is 0 Å². The van der Waals surface area contributed by atoms with E-state index in [4.69, 9.17) is 4.74 Å². The zero-order valence-electron chi connectivity index (χ0n) is 16.5. The highest BCUT2D eigenvalue weighted by molar-refractivity contribution is 5.61. The van der Waals surface area contributed by atoms with Gasteiger partial charge in [0.2, 0.25) is 5.88 Å². The fraction of sp³-hybridized carbons (Fsp3) is 0.368. The smallest absolute Gasteiger partial charge is 0.300 e. The van der Waals surface area contributed by atoms with Crippen LogP contribution in [0.15, 0.2) is 33.2 Å². The van der Waals surface area contributed by atoms with Crippen LogP contribution in [0.3, 0.4) is 0 Å². The zero-order valence-corrected chi connectivity index (χ0v) is 16.5. The molecule has 0 aliphatic carbocycles. The van der Waals surface area contributed by atoms with Crippen LogP contribution in [0.1, 0.15) is 44.4 Å². The minimum Gasteiger partial charge on any atom is -0.494 e. The maximum Gasteiger partial charge on any atom is 0.300 e. The molecule has 1 N–H and O–H groups in total. The number of nitrogens with zero attached hydrogens (tertiary/aromatic N) is 5. The molecule has 0 aliphatic rings. The van der Waals surface area contributed by atoms with Crippen molar-refractivity contribution in [3.63, 3.8) is 0 Å². The number of ether oxygens (including phenoxy) is 1. The molecule has 0 spiro atoms. The monoisotopic (exact) mass is 399 g/mol. The highest BCUT2D eigenvalue weighted by atomic mass is 16.6. The molecule has 0 fully saturated rings. The summed E-state index contributed by atoms with van der Waals surface area (Å²) in [5.41, 5.74) is -1.15. The highest BCUT2D eigenvalue weighted by Gasteiger charge is 2.22. The van der Waals surface area contributed by atoms with Crippen LogP contribution in [0.5, 0.6) is 11.6 Å². The summed E-state index contributed by atoms with van der Waals surface area (Å²) < 4.78 is 6.33. The van der Waals surface area contributed by atoms with Crippen LogP contribution in [0.2, 0.25) is 0 Å². The maximum absolute atomic E-state index is 12.8. The molecule has 1 heterocycles. The fourth-order valence-corrected chi connectivity index (χ4v) is 2.71. The first-order chi connectivity index (χ1) is 13.8. The van der Waals surface area contributed by atoms with E-state index in [9.17, 15) is 25.3 Å². The van der Waals surface area contributed by atoms with Crippen LogP contribution in [0.4, 0.5) is 17.1 Å². The molecule has 0 saturated carbocycles. The van der Waals surface area contributed by atoms with E-state index in [1.807, 2.05) is 13.0 Å². The zero-order chi connectivity index (χ0) is 21.7. The molecule has 2 aromatic rings. The molecule has 0 amide bonds. The van der Waals surface area contributed by atoms with Crippen molar-refractivity contribution >= 4 is 17.1 Å². The molecule has 0 saturated heterocycles. The Labute approximate surface area is 166 Å². The average molecular weight is 399 g/mol. The van der Waals surface area contributed by atoms with Gasteiger partial charge in [0.1, 0.15) is 17.4 Å². The second-order valence-corrected chi connectivity index (χ2v) is 6.26. The summed E-state index contributed by atoms with van der Waals surface area (Å²) in [5.74, 6) is -0.125. The molecule has 1 aromatic heterocycles. The molecule has 10 nitrogen and oxygen atoms in total. The van der Waals surface area contributed by atoms with Gasteiger partial charge in [0, 0.05) is 11.6 Å². The summed E-state index contributed by atoms with van der Waals surface area (Å²) in [7, 11) is 0. The number of pyridine rings is 1. The number of hydrogen-bond donors (Lipinski definition) is 1. The van der Waals surface area contributed by atoms with Crippen molar-refractivity contribution in [3.8, 4) is 17.7 Å². The summed E-state index contributed by atoms with van der Waals surface area (Å²) in [4.78, 5) is 23.6. The van der Waals surface area contributed by atoms with Gasteiger partial charge in [-0.2, -0.15) is 5.26 Å². The van der Waals surface area contributed by atoms with Crippen molar-refractivity contribution in [1.29, 1.82) is 5.26 Å².